The molecule has 42 heavy (non-hydrogen) atoms. The lowest BCUT2D eigenvalue weighted by atomic mass is 10.1. The number of carbonyl (C=O) groups excluding carboxylic acids is 3. The Balaban J connectivity index is 1.57. The third kappa shape index (κ3) is 7.95. The van der Waals surface area contributed by atoms with Gasteiger partial charge in [0.05, 0.1) is 22.5 Å². The Labute approximate surface area is 241 Å². The van der Waals surface area contributed by atoms with Crippen LogP contribution in [-0.2, 0) is 19.1 Å². The van der Waals surface area contributed by atoms with Gasteiger partial charge in [-0.15, -0.1) is 0 Å². The maximum absolute atomic E-state index is 13.4. The van der Waals surface area contributed by atoms with Crippen LogP contribution in [-0.4, -0.2) is 41.1 Å². The molecule has 4 aromatic rings. The fourth-order valence-electron chi connectivity index (χ4n) is 3.84. The van der Waals surface area contributed by atoms with E-state index in [1.165, 1.54) is 36.4 Å². The molecule has 0 radical (unpaired) electrons. The van der Waals surface area contributed by atoms with Crippen molar-refractivity contribution in [3.05, 3.63) is 125 Å². The molecule has 0 aliphatic carbocycles. The molecule has 4 aromatic carbocycles. The third-order valence-corrected chi connectivity index (χ3v) is 5.92. The Hall–Kier alpha value is -5.64. The zero-order chi connectivity index (χ0) is 30.1. The van der Waals surface area contributed by atoms with Gasteiger partial charge in [-0.3, -0.25) is 4.79 Å². The van der Waals surface area contributed by atoms with Crippen LogP contribution in [0.1, 0.15) is 31.8 Å². The number of ether oxygens (including phenoxy) is 2. The molecule has 0 saturated heterocycles. The van der Waals surface area contributed by atoms with Crippen LogP contribution in [0, 0.1) is 13.8 Å². The number of carbonyl (C=O) groups is 4. The SMILES string of the molecule is Cc1cccc(C(=O)O[C@@H](C(=O)O)[C@@H](OC(=O)c2cccc(C)c2)C(=O)Nc2ccc(N=Nc3ccccc3)cc2)c1. The second-order valence-corrected chi connectivity index (χ2v) is 9.30. The van der Waals surface area contributed by atoms with Crippen LogP contribution in [0.4, 0.5) is 17.1 Å². The normalized spacial score (nSPS) is 12.2. The summed E-state index contributed by atoms with van der Waals surface area (Å²) in [4.78, 5) is 51.4. The first-order chi connectivity index (χ1) is 20.2. The summed E-state index contributed by atoms with van der Waals surface area (Å²) in [6, 6.07) is 28.0. The maximum atomic E-state index is 13.4. The number of rotatable bonds is 10. The largest absolute Gasteiger partial charge is 0.478 e. The van der Waals surface area contributed by atoms with Crippen molar-refractivity contribution in [1.82, 2.24) is 0 Å². The van der Waals surface area contributed by atoms with Gasteiger partial charge in [0.1, 0.15) is 0 Å². The summed E-state index contributed by atoms with van der Waals surface area (Å²) in [5, 5.41) is 20.7. The van der Waals surface area contributed by atoms with Crippen LogP contribution in [0.2, 0.25) is 0 Å². The van der Waals surface area contributed by atoms with Gasteiger partial charge < -0.3 is 19.9 Å². The average molecular weight is 566 g/mol. The Morgan fingerprint density at radius 2 is 1.14 bits per heavy atom. The number of amides is 1. The van der Waals surface area contributed by atoms with Crippen LogP contribution >= 0.6 is 0 Å². The van der Waals surface area contributed by atoms with Gasteiger partial charge in [-0.1, -0.05) is 53.6 Å². The fraction of sp³-hybridized carbons (Fsp3) is 0.125. The summed E-state index contributed by atoms with van der Waals surface area (Å²) < 4.78 is 10.6. The van der Waals surface area contributed by atoms with Gasteiger partial charge in [0.15, 0.2) is 0 Å². The van der Waals surface area contributed by atoms with E-state index in [4.69, 9.17) is 9.47 Å². The van der Waals surface area contributed by atoms with Crippen molar-refractivity contribution < 1.29 is 33.8 Å². The molecule has 0 saturated carbocycles. The molecule has 4 rings (SSSR count). The lowest BCUT2D eigenvalue weighted by molar-refractivity contribution is -0.157. The minimum absolute atomic E-state index is 0.0747. The highest BCUT2D eigenvalue weighted by molar-refractivity contribution is 6.01. The van der Waals surface area contributed by atoms with Crippen molar-refractivity contribution in [2.45, 2.75) is 26.1 Å². The Morgan fingerprint density at radius 1 is 0.643 bits per heavy atom. The summed E-state index contributed by atoms with van der Waals surface area (Å²) >= 11 is 0. The summed E-state index contributed by atoms with van der Waals surface area (Å²) in [5.74, 6) is -4.65. The van der Waals surface area contributed by atoms with Gasteiger partial charge in [-0.25, -0.2) is 14.4 Å². The summed E-state index contributed by atoms with van der Waals surface area (Å²) in [6.45, 7) is 3.51. The maximum Gasteiger partial charge on any atom is 0.349 e. The monoisotopic (exact) mass is 565 g/mol. The van der Waals surface area contributed by atoms with Crippen LogP contribution in [0.3, 0.4) is 0 Å². The number of nitrogens with zero attached hydrogens (tertiary/aromatic N) is 2. The van der Waals surface area contributed by atoms with E-state index < -0.39 is 36.0 Å². The number of benzene rings is 4. The number of aliphatic carboxylic acids is 1. The number of carboxylic acids is 1. The Bertz CT molecular complexity index is 1620. The molecule has 212 valence electrons. The number of hydrogen-bond donors (Lipinski definition) is 2. The van der Waals surface area contributed by atoms with E-state index in [1.807, 2.05) is 18.2 Å². The molecule has 2 atom stereocenters. The van der Waals surface area contributed by atoms with Gasteiger partial charge in [-0.2, -0.15) is 10.2 Å². The number of carboxylic acid groups (broad SMARTS) is 1. The van der Waals surface area contributed by atoms with E-state index in [-0.39, 0.29) is 16.8 Å². The molecular formula is C32H27N3O7. The van der Waals surface area contributed by atoms with Gasteiger partial charge >= 0.3 is 17.9 Å². The molecule has 0 fully saturated rings. The van der Waals surface area contributed by atoms with Gasteiger partial charge in [0.2, 0.25) is 12.2 Å². The smallest absolute Gasteiger partial charge is 0.349 e. The van der Waals surface area contributed by atoms with Crippen molar-refractivity contribution in [1.29, 1.82) is 0 Å². The van der Waals surface area contributed by atoms with Crippen molar-refractivity contribution in [2.24, 2.45) is 10.2 Å². The van der Waals surface area contributed by atoms with Gasteiger partial charge in [-0.05, 0) is 74.5 Å². The van der Waals surface area contributed by atoms with Crippen molar-refractivity contribution in [2.75, 3.05) is 5.32 Å². The molecule has 0 aliphatic rings. The van der Waals surface area contributed by atoms with Crippen molar-refractivity contribution >= 4 is 40.9 Å². The zero-order valence-corrected chi connectivity index (χ0v) is 22.8. The lowest BCUT2D eigenvalue weighted by Crippen LogP contribution is -2.48. The van der Waals surface area contributed by atoms with Gasteiger partial charge in [0, 0.05) is 5.69 Å². The minimum atomic E-state index is -2.15. The second-order valence-electron chi connectivity index (χ2n) is 9.30. The first kappa shape index (κ1) is 29.3. The third-order valence-electron chi connectivity index (χ3n) is 5.92. The number of azo groups is 1. The molecule has 10 nitrogen and oxygen atoms in total. The fourth-order valence-corrected chi connectivity index (χ4v) is 3.84. The molecule has 0 heterocycles. The first-order valence-corrected chi connectivity index (χ1v) is 12.9. The average Bonchev–Trinajstić information content (AvgIpc) is 2.98. The summed E-state index contributed by atoms with van der Waals surface area (Å²) in [5.41, 5.74) is 3.06. The van der Waals surface area contributed by atoms with E-state index >= 15 is 0 Å². The first-order valence-electron chi connectivity index (χ1n) is 12.9. The van der Waals surface area contributed by atoms with Gasteiger partial charge in [0.25, 0.3) is 5.91 Å². The van der Waals surface area contributed by atoms with E-state index in [1.54, 1.807) is 62.4 Å². The number of aryl methyl sites for hydroxylation is 2. The van der Waals surface area contributed by atoms with Crippen LogP contribution in [0.5, 0.6) is 0 Å². The summed E-state index contributed by atoms with van der Waals surface area (Å²) in [7, 11) is 0. The minimum Gasteiger partial charge on any atom is -0.478 e. The molecule has 0 aliphatic heterocycles. The van der Waals surface area contributed by atoms with E-state index in [9.17, 15) is 24.3 Å². The summed E-state index contributed by atoms with van der Waals surface area (Å²) in [6.07, 6.45) is -4.17. The molecule has 2 N–H and O–H groups in total. The molecule has 0 aromatic heterocycles. The van der Waals surface area contributed by atoms with Crippen LogP contribution in [0.25, 0.3) is 0 Å². The number of esters is 2. The quantitative estimate of drug-likeness (QED) is 0.172. The predicted molar refractivity (Wildman–Crippen MR) is 154 cm³/mol. The molecule has 0 unspecified atom stereocenters. The van der Waals surface area contributed by atoms with E-state index in [2.05, 4.69) is 15.5 Å². The van der Waals surface area contributed by atoms with E-state index in [0.29, 0.717) is 11.4 Å². The molecular weight excluding hydrogens is 538 g/mol. The second kappa shape index (κ2) is 13.6. The molecule has 10 heteroatoms. The lowest BCUT2D eigenvalue weighted by Gasteiger charge is -2.23. The van der Waals surface area contributed by atoms with Crippen LogP contribution < -0.4 is 5.32 Å². The van der Waals surface area contributed by atoms with Crippen molar-refractivity contribution in [3.63, 3.8) is 0 Å². The standard InChI is InChI=1S/C32H27N3O7/c1-20-8-6-10-22(18-20)31(39)41-27(28(30(37)38)42-32(40)23-11-7-9-21(2)19-23)29(36)33-24-14-16-26(17-15-24)35-34-25-12-4-3-5-13-25/h3-19,27-28H,1-2H3,(H,33,36)(H,37,38)/t27-,28-/m1/s1. The molecule has 0 bridgehead atoms. The van der Waals surface area contributed by atoms with E-state index in [0.717, 1.165) is 11.1 Å². The van der Waals surface area contributed by atoms with Crippen LogP contribution in [0.15, 0.2) is 113 Å². The molecule has 1 amide bonds. The number of nitrogens with one attached hydrogen (secondary N) is 1. The highest BCUT2D eigenvalue weighted by Gasteiger charge is 2.41. The zero-order valence-electron chi connectivity index (χ0n) is 22.8. The van der Waals surface area contributed by atoms with Crippen molar-refractivity contribution in [3.8, 4) is 0 Å². The highest BCUT2D eigenvalue weighted by atomic mass is 16.6. The Morgan fingerprint density at radius 3 is 1.64 bits per heavy atom. The topological polar surface area (TPSA) is 144 Å². The molecule has 0 spiro atoms. The highest BCUT2D eigenvalue weighted by Crippen LogP contribution is 2.21. The predicted octanol–water partition coefficient (Wildman–Crippen LogP) is 6.19. The number of hydrogen-bond acceptors (Lipinski definition) is 8. The Kier molecular flexibility index (Phi) is 9.52. The number of anilines is 1.